The molecule has 8 nitrogen and oxygen atoms in total. The first-order chi connectivity index (χ1) is 18.5. The second-order valence-electron chi connectivity index (χ2n) is 9.69. The van der Waals surface area contributed by atoms with Crippen LogP contribution in [-0.2, 0) is 26.1 Å². The average molecular weight is 552 g/mol. The molecule has 0 radical (unpaired) electrons. The molecule has 3 aromatic rings. The Balaban J connectivity index is 0.00000353. The molecule has 3 N–H and O–H groups in total. The van der Waals surface area contributed by atoms with Gasteiger partial charge in [0, 0.05) is 37.8 Å². The number of hydrogen-bond donors (Lipinski definition) is 3. The lowest BCUT2D eigenvalue weighted by atomic mass is 9.93. The van der Waals surface area contributed by atoms with E-state index >= 15 is 0 Å². The van der Waals surface area contributed by atoms with Crippen LogP contribution < -0.4 is 20.1 Å². The molecule has 0 fully saturated rings. The molecule has 3 aromatic carbocycles. The number of benzene rings is 3. The van der Waals surface area contributed by atoms with Crippen LogP contribution in [0, 0.1) is 0 Å². The van der Waals surface area contributed by atoms with Crippen LogP contribution in [0.5, 0.6) is 11.5 Å². The molecule has 0 aromatic heterocycles. The number of fused-ring (bicyclic) bond motifs is 2. The Bertz CT molecular complexity index is 1330. The molecular formula is C30H34ClN3O5. The molecule has 2 unspecified atom stereocenters. The maximum absolute atomic E-state index is 13.2. The maximum atomic E-state index is 13.2. The Morgan fingerprint density at radius 2 is 1.87 bits per heavy atom. The van der Waals surface area contributed by atoms with E-state index in [1.54, 1.807) is 24.1 Å². The summed E-state index contributed by atoms with van der Waals surface area (Å²) in [6.45, 7) is 3.84. The highest BCUT2D eigenvalue weighted by atomic mass is 35.5. The number of nitrogens with zero attached hydrogens (tertiary/aromatic N) is 1. The zero-order valence-electron chi connectivity index (χ0n) is 22.1. The molecule has 39 heavy (non-hydrogen) atoms. The second kappa shape index (κ2) is 12.5. The van der Waals surface area contributed by atoms with E-state index in [2.05, 4.69) is 22.8 Å². The van der Waals surface area contributed by atoms with Crippen LogP contribution in [0.1, 0.15) is 49.9 Å². The molecule has 0 spiro atoms. The van der Waals surface area contributed by atoms with Crippen molar-refractivity contribution < 1.29 is 24.2 Å². The van der Waals surface area contributed by atoms with Gasteiger partial charge in [-0.15, -0.1) is 12.4 Å². The molecule has 206 valence electrons. The first kappa shape index (κ1) is 28.4. The molecule has 0 aliphatic carbocycles. The van der Waals surface area contributed by atoms with Crippen molar-refractivity contribution in [2.24, 2.45) is 0 Å². The van der Waals surface area contributed by atoms with E-state index in [4.69, 9.17) is 9.47 Å². The van der Waals surface area contributed by atoms with Gasteiger partial charge in [-0.1, -0.05) is 36.4 Å². The number of hydrogen-bond acceptors (Lipinski definition) is 6. The first-order valence-corrected chi connectivity index (χ1v) is 12.9. The van der Waals surface area contributed by atoms with E-state index in [1.807, 2.05) is 43.3 Å². The number of aliphatic hydroxyl groups is 1. The number of rotatable bonds is 9. The highest BCUT2D eigenvalue weighted by Gasteiger charge is 2.31. The van der Waals surface area contributed by atoms with E-state index in [0.717, 1.165) is 16.9 Å². The number of carbonyl (C=O) groups is 2. The molecule has 5 rings (SSSR count). The van der Waals surface area contributed by atoms with Crippen LogP contribution in [0.25, 0.3) is 0 Å². The molecule has 2 atom stereocenters. The standard InChI is InChI=1S/C30H33N3O5.ClH/c1-3-38-28-14-24-22(18-33(30(24)36)17-19-8-10-23(37-2)11-9-19)12-25(28)29(35)32-16-27(34)26-13-20-6-4-5-7-21(20)15-31-26;/h4-12,14,26-27,31,34H,3,13,15-18H2,1-2H3,(H,32,35);1H. The van der Waals surface area contributed by atoms with Crippen molar-refractivity contribution in [1.82, 2.24) is 15.5 Å². The van der Waals surface area contributed by atoms with Gasteiger partial charge in [0.15, 0.2) is 0 Å². The van der Waals surface area contributed by atoms with Crippen LogP contribution in [0.4, 0.5) is 0 Å². The summed E-state index contributed by atoms with van der Waals surface area (Å²) in [4.78, 5) is 28.1. The van der Waals surface area contributed by atoms with E-state index in [9.17, 15) is 14.7 Å². The molecule has 2 amide bonds. The average Bonchev–Trinajstić information content (AvgIpc) is 3.25. The first-order valence-electron chi connectivity index (χ1n) is 12.9. The van der Waals surface area contributed by atoms with Gasteiger partial charge >= 0.3 is 0 Å². The van der Waals surface area contributed by atoms with Crippen LogP contribution >= 0.6 is 12.4 Å². The third-order valence-electron chi connectivity index (χ3n) is 7.21. The summed E-state index contributed by atoms with van der Waals surface area (Å²) in [6, 6.07) is 19.0. The van der Waals surface area contributed by atoms with Gasteiger partial charge in [-0.05, 0) is 59.9 Å². The number of carbonyl (C=O) groups excluding carboxylic acids is 2. The molecule has 2 aliphatic rings. The second-order valence-corrected chi connectivity index (χ2v) is 9.69. The number of halogens is 1. The number of aliphatic hydroxyl groups excluding tert-OH is 1. The minimum absolute atomic E-state index is 0. The zero-order valence-corrected chi connectivity index (χ0v) is 22.9. The van der Waals surface area contributed by atoms with E-state index in [0.29, 0.717) is 49.5 Å². The summed E-state index contributed by atoms with van der Waals surface area (Å²) in [7, 11) is 1.62. The number of ether oxygens (including phenoxy) is 2. The molecular weight excluding hydrogens is 518 g/mol. The van der Waals surface area contributed by atoms with E-state index < -0.39 is 6.10 Å². The normalized spacial score (nSPS) is 16.5. The third kappa shape index (κ3) is 6.19. The van der Waals surface area contributed by atoms with E-state index in [1.165, 1.54) is 11.1 Å². The van der Waals surface area contributed by atoms with Gasteiger partial charge in [-0.3, -0.25) is 9.59 Å². The monoisotopic (exact) mass is 551 g/mol. The van der Waals surface area contributed by atoms with Crippen LogP contribution in [0.15, 0.2) is 60.7 Å². The fraction of sp³-hybridized carbons (Fsp3) is 0.333. The Kier molecular flexibility index (Phi) is 9.12. The Hall–Kier alpha value is -3.59. The maximum Gasteiger partial charge on any atom is 0.255 e. The Morgan fingerprint density at radius 1 is 1.13 bits per heavy atom. The fourth-order valence-electron chi connectivity index (χ4n) is 5.12. The minimum atomic E-state index is -0.751. The summed E-state index contributed by atoms with van der Waals surface area (Å²) in [5, 5.41) is 17.0. The van der Waals surface area contributed by atoms with Crippen molar-refractivity contribution in [2.45, 2.75) is 45.1 Å². The number of amides is 2. The molecule has 9 heteroatoms. The van der Waals surface area contributed by atoms with Crippen LogP contribution in [0.3, 0.4) is 0 Å². The number of methoxy groups -OCH3 is 1. The highest BCUT2D eigenvalue weighted by molar-refractivity contribution is 6.03. The highest BCUT2D eigenvalue weighted by Crippen LogP contribution is 2.31. The van der Waals surface area contributed by atoms with Crippen molar-refractivity contribution in [3.8, 4) is 11.5 Å². The van der Waals surface area contributed by atoms with Crippen molar-refractivity contribution in [1.29, 1.82) is 0 Å². The predicted octanol–water partition coefficient (Wildman–Crippen LogP) is 3.48. The van der Waals surface area contributed by atoms with Gasteiger partial charge in [0.25, 0.3) is 11.8 Å². The summed E-state index contributed by atoms with van der Waals surface area (Å²) in [5.41, 5.74) is 5.12. The Morgan fingerprint density at radius 3 is 2.59 bits per heavy atom. The van der Waals surface area contributed by atoms with Crippen molar-refractivity contribution in [3.05, 3.63) is 94.0 Å². The van der Waals surface area contributed by atoms with Gasteiger partial charge in [0.2, 0.25) is 0 Å². The van der Waals surface area contributed by atoms with Gasteiger partial charge in [-0.25, -0.2) is 0 Å². The minimum Gasteiger partial charge on any atom is -0.497 e. The molecule has 0 saturated carbocycles. The quantitative estimate of drug-likeness (QED) is 0.376. The Labute approximate surface area is 234 Å². The topological polar surface area (TPSA) is 100 Å². The molecule has 2 aliphatic heterocycles. The van der Waals surface area contributed by atoms with Gasteiger partial charge in [0.05, 0.1) is 25.4 Å². The fourth-order valence-corrected chi connectivity index (χ4v) is 5.12. The summed E-state index contributed by atoms with van der Waals surface area (Å²) in [6.07, 6.45) is -0.0543. The zero-order chi connectivity index (χ0) is 26.6. The number of nitrogens with one attached hydrogen (secondary N) is 2. The van der Waals surface area contributed by atoms with Crippen molar-refractivity contribution in [2.75, 3.05) is 20.3 Å². The predicted molar refractivity (Wildman–Crippen MR) is 151 cm³/mol. The summed E-state index contributed by atoms with van der Waals surface area (Å²) in [5.74, 6) is 0.689. The van der Waals surface area contributed by atoms with Gasteiger partial charge in [-0.2, -0.15) is 0 Å². The van der Waals surface area contributed by atoms with Crippen molar-refractivity contribution in [3.63, 3.8) is 0 Å². The lowest BCUT2D eigenvalue weighted by Crippen LogP contribution is -2.49. The van der Waals surface area contributed by atoms with Gasteiger partial charge in [0.1, 0.15) is 11.5 Å². The van der Waals surface area contributed by atoms with Gasteiger partial charge < -0.3 is 30.1 Å². The summed E-state index contributed by atoms with van der Waals surface area (Å²) >= 11 is 0. The molecule has 2 heterocycles. The van der Waals surface area contributed by atoms with Crippen LogP contribution in [-0.4, -0.2) is 54.2 Å². The third-order valence-corrected chi connectivity index (χ3v) is 7.21. The van der Waals surface area contributed by atoms with Crippen molar-refractivity contribution >= 4 is 24.2 Å². The van der Waals surface area contributed by atoms with Crippen LogP contribution in [0.2, 0.25) is 0 Å². The SMILES string of the molecule is CCOc1cc2c(cc1C(=O)NCC(O)C1Cc3ccccc3CN1)CN(Cc1ccc(OC)cc1)C2=O.Cl. The lowest BCUT2D eigenvalue weighted by Gasteiger charge is -2.30. The largest absolute Gasteiger partial charge is 0.497 e. The van der Waals surface area contributed by atoms with E-state index in [-0.39, 0.29) is 36.8 Å². The summed E-state index contributed by atoms with van der Waals surface area (Å²) < 4.78 is 11.0. The smallest absolute Gasteiger partial charge is 0.255 e. The lowest BCUT2D eigenvalue weighted by molar-refractivity contribution is 0.0766. The molecule has 0 saturated heterocycles. The molecule has 0 bridgehead atoms.